The molecule has 0 fully saturated rings. The van der Waals surface area contributed by atoms with Gasteiger partial charge in [0.1, 0.15) is 0 Å². The fourth-order valence-corrected chi connectivity index (χ4v) is 2.12. The van der Waals surface area contributed by atoms with Gasteiger partial charge in [0.15, 0.2) is 17.2 Å². The molecule has 0 atom stereocenters. The van der Waals surface area contributed by atoms with Crippen LogP contribution in [0.3, 0.4) is 0 Å². The van der Waals surface area contributed by atoms with E-state index in [-0.39, 0.29) is 5.69 Å². The summed E-state index contributed by atoms with van der Waals surface area (Å²) in [4.78, 5) is 11.0. The van der Waals surface area contributed by atoms with Crippen molar-refractivity contribution >= 4 is 17.6 Å². The van der Waals surface area contributed by atoms with Crippen molar-refractivity contribution in [3.63, 3.8) is 0 Å². The first-order chi connectivity index (χ1) is 9.47. The van der Waals surface area contributed by atoms with Crippen LogP contribution in [-0.2, 0) is 7.05 Å². The molecule has 1 aromatic carbocycles. The van der Waals surface area contributed by atoms with Crippen LogP contribution in [-0.4, -0.2) is 35.1 Å². The van der Waals surface area contributed by atoms with Crippen LogP contribution in [0.4, 0.5) is 0 Å². The maximum Gasteiger partial charge on any atom is 0.356 e. The van der Waals surface area contributed by atoms with Crippen LogP contribution in [0.5, 0.6) is 11.5 Å². The number of carbonyl (C=O) groups is 1. The van der Waals surface area contributed by atoms with E-state index in [2.05, 4.69) is 5.10 Å². The fourth-order valence-electron chi connectivity index (χ4n) is 1.87. The van der Waals surface area contributed by atoms with Crippen LogP contribution in [0.25, 0.3) is 11.3 Å². The monoisotopic (exact) mass is 296 g/mol. The topological polar surface area (TPSA) is 73.6 Å². The predicted octanol–water partition coefficient (Wildman–Crippen LogP) is 2.46. The number of carboxylic acid groups (broad SMARTS) is 1. The Morgan fingerprint density at radius 2 is 1.85 bits per heavy atom. The Kier molecular flexibility index (Phi) is 3.85. The molecule has 0 aliphatic heterocycles. The second kappa shape index (κ2) is 5.42. The van der Waals surface area contributed by atoms with E-state index in [0.29, 0.717) is 27.8 Å². The van der Waals surface area contributed by atoms with Crippen LogP contribution < -0.4 is 9.47 Å². The Morgan fingerprint density at radius 1 is 1.25 bits per heavy atom. The normalized spacial score (nSPS) is 10.4. The van der Waals surface area contributed by atoms with Gasteiger partial charge in [-0.25, -0.2) is 4.79 Å². The summed E-state index contributed by atoms with van der Waals surface area (Å²) in [5.74, 6) is -0.0877. The van der Waals surface area contributed by atoms with E-state index in [1.165, 1.54) is 25.0 Å². The van der Waals surface area contributed by atoms with Crippen molar-refractivity contribution in [3.8, 4) is 22.8 Å². The number of nitrogens with zero attached hydrogens (tertiary/aromatic N) is 2. The highest BCUT2D eigenvalue weighted by molar-refractivity contribution is 6.33. The second-order valence-corrected chi connectivity index (χ2v) is 4.44. The number of rotatable bonds is 4. The third-order valence-electron chi connectivity index (χ3n) is 2.85. The van der Waals surface area contributed by atoms with Crippen LogP contribution in [0.1, 0.15) is 10.5 Å². The summed E-state index contributed by atoms with van der Waals surface area (Å²) >= 11 is 6.21. The second-order valence-electron chi connectivity index (χ2n) is 4.03. The molecule has 7 heteroatoms. The van der Waals surface area contributed by atoms with Crippen LogP contribution in [0.15, 0.2) is 18.2 Å². The van der Waals surface area contributed by atoms with Crippen molar-refractivity contribution in [2.24, 2.45) is 7.05 Å². The Hall–Kier alpha value is -2.21. The number of carboxylic acids is 1. The molecule has 1 aromatic heterocycles. The Morgan fingerprint density at radius 3 is 2.35 bits per heavy atom. The van der Waals surface area contributed by atoms with Gasteiger partial charge in [0.05, 0.1) is 24.9 Å². The minimum absolute atomic E-state index is 0.0478. The van der Waals surface area contributed by atoms with Gasteiger partial charge in [0, 0.05) is 18.7 Å². The number of halogens is 1. The summed E-state index contributed by atoms with van der Waals surface area (Å²) in [5.41, 5.74) is 1.15. The van der Waals surface area contributed by atoms with Crippen molar-refractivity contribution in [2.45, 2.75) is 0 Å². The minimum atomic E-state index is -1.09. The molecule has 0 bridgehead atoms. The van der Waals surface area contributed by atoms with Gasteiger partial charge in [0.2, 0.25) is 0 Å². The molecule has 2 rings (SSSR count). The van der Waals surface area contributed by atoms with Crippen molar-refractivity contribution in [1.29, 1.82) is 0 Å². The Bertz CT molecular complexity index is 667. The standard InChI is InChI=1S/C13H13ClN2O4/c1-16-10(6-9(15-16)13(17)18)7-4-11(19-2)12(20-3)5-8(7)14/h4-6H,1-3H3,(H,17,18). The summed E-state index contributed by atoms with van der Waals surface area (Å²) in [6, 6.07) is 4.75. The molecule has 0 saturated carbocycles. The zero-order valence-electron chi connectivity index (χ0n) is 11.2. The summed E-state index contributed by atoms with van der Waals surface area (Å²) in [7, 11) is 4.68. The molecule has 2 aromatic rings. The molecule has 0 radical (unpaired) electrons. The van der Waals surface area contributed by atoms with E-state index in [0.717, 1.165) is 0 Å². The minimum Gasteiger partial charge on any atom is -0.493 e. The van der Waals surface area contributed by atoms with Gasteiger partial charge in [0.25, 0.3) is 0 Å². The molecule has 0 saturated heterocycles. The number of hydrogen-bond acceptors (Lipinski definition) is 4. The van der Waals surface area contributed by atoms with Crippen molar-refractivity contribution < 1.29 is 19.4 Å². The van der Waals surface area contributed by atoms with E-state index >= 15 is 0 Å². The average Bonchev–Trinajstić information content (AvgIpc) is 2.80. The predicted molar refractivity (Wildman–Crippen MR) is 73.7 cm³/mol. The van der Waals surface area contributed by atoms with E-state index in [1.807, 2.05) is 0 Å². The molecule has 0 spiro atoms. The number of methoxy groups -OCH3 is 2. The Balaban J connectivity index is 2.60. The number of benzene rings is 1. The molecular weight excluding hydrogens is 284 g/mol. The summed E-state index contributed by atoms with van der Waals surface area (Å²) in [6.07, 6.45) is 0. The molecule has 0 amide bonds. The zero-order valence-corrected chi connectivity index (χ0v) is 11.9. The number of hydrogen-bond donors (Lipinski definition) is 1. The largest absolute Gasteiger partial charge is 0.493 e. The number of ether oxygens (including phenoxy) is 2. The molecule has 1 N–H and O–H groups in total. The maximum absolute atomic E-state index is 11.0. The highest BCUT2D eigenvalue weighted by Crippen LogP contribution is 2.38. The van der Waals surface area contributed by atoms with Gasteiger partial charge < -0.3 is 14.6 Å². The highest BCUT2D eigenvalue weighted by atomic mass is 35.5. The number of aromatic carboxylic acids is 1. The van der Waals surface area contributed by atoms with Crippen molar-refractivity contribution in [2.75, 3.05) is 14.2 Å². The van der Waals surface area contributed by atoms with E-state index < -0.39 is 5.97 Å². The third kappa shape index (κ3) is 2.42. The average molecular weight is 297 g/mol. The summed E-state index contributed by atoms with van der Waals surface area (Å²) in [5, 5.41) is 13.3. The summed E-state index contributed by atoms with van der Waals surface area (Å²) < 4.78 is 11.8. The van der Waals surface area contributed by atoms with Crippen LogP contribution in [0.2, 0.25) is 5.02 Å². The van der Waals surface area contributed by atoms with E-state index in [4.69, 9.17) is 26.2 Å². The molecule has 6 nitrogen and oxygen atoms in total. The van der Waals surface area contributed by atoms with Crippen LogP contribution >= 0.6 is 11.6 Å². The summed E-state index contributed by atoms with van der Waals surface area (Å²) in [6.45, 7) is 0. The van der Waals surface area contributed by atoms with Gasteiger partial charge in [-0.1, -0.05) is 11.6 Å². The van der Waals surface area contributed by atoms with Gasteiger partial charge in [-0.3, -0.25) is 4.68 Å². The van der Waals surface area contributed by atoms with E-state index in [1.54, 1.807) is 19.2 Å². The van der Waals surface area contributed by atoms with Crippen molar-refractivity contribution in [3.05, 3.63) is 28.9 Å². The maximum atomic E-state index is 11.0. The zero-order chi connectivity index (χ0) is 14.9. The molecule has 106 valence electrons. The van der Waals surface area contributed by atoms with Gasteiger partial charge in [-0.15, -0.1) is 0 Å². The third-order valence-corrected chi connectivity index (χ3v) is 3.16. The molecule has 0 aliphatic rings. The van der Waals surface area contributed by atoms with Gasteiger partial charge in [-0.2, -0.15) is 5.10 Å². The molecule has 0 unspecified atom stereocenters. The molecule has 1 heterocycles. The van der Waals surface area contributed by atoms with Gasteiger partial charge in [-0.05, 0) is 12.1 Å². The first kappa shape index (κ1) is 14.2. The molecular formula is C13H13ClN2O4. The van der Waals surface area contributed by atoms with Crippen molar-refractivity contribution in [1.82, 2.24) is 9.78 Å². The lowest BCUT2D eigenvalue weighted by Gasteiger charge is -2.11. The van der Waals surface area contributed by atoms with Gasteiger partial charge >= 0.3 is 5.97 Å². The molecule has 0 aliphatic carbocycles. The smallest absolute Gasteiger partial charge is 0.356 e. The number of aromatic nitrogens is 2. The SMILES string of the molecule is COc1cc(Cl)c(-c2cc(C(=O)O)nn2C)cc1OC. The molecule has 20 heavy (non-hydrogen) atoms. The lowest BCUT2D eigenvalue weighted by molar-refractivity contribution is 0.0689. The lowest BCUT2D eigenvalue weighted by Crippen LogP contribution is -1.99. The van der Waals surface area contributed by atoms with E-state index in [9.17, 15) is 4.79 Å². The highest BCUT2D eigenvalue weighted by Gasteiger charge is 2.17. The van der Waals surface area contributed by atoms with Crippen LogP contribution in [0, 0.1) is 0 Å². The Labute approximate surface area is 120 Å². The lowest BCUT2D eigenvalue weighted by atomic mass is 10.1. The first-order valence-corrected chi connectivity index (χ1v) is 6.05. The fraction of sp³-hybridized carbons (Fsp3) is 0.231. The number of aryl methyl sites for hydroxylation is 1. The first-order valence-electron chi connectivity index (χ1n) is 5.67. The quantitative estimate of drug-likeness (QED) is 0.938.